The quantitative estimate of drug-likeness (QED) is 0.0465. The van der Waals surface area contributed by atoms with Gasteiger partial charge in [-0.3, -0.25) is 25.3 Å². The molecule has 7 aromatic carbocycles. The third kappa shape index (κ3) is 12.7. The van der Waals surface area contributed by atoms with Crippen molar-refractivity contribution >= 4 is 83.3 Å². The van der Waals surface area contributed by atoms with Crippen LogP contribution in [0.4, 0.5) is 4.39 Å². The Morgan fingerprint density at radius 2 is 0.923 bits per heavy atom. The summed E-state index contributed by atoms with van der Waals surface area (Å²) in [5.41, 5.74) is 16.5. The number of carboxylic acid groups (broad SMARTS) is 3. The van der Waals surface area contributed by atoms with E-state index in [0.717, 1.165) is 146 Å². The monoisotopic (exact) mass is 1380 g/mol. The smallest absolute Gasteiger partial charge is 0.335 e. The highest BCUT2D eigenvalue weighted by atomic mass is 19.1. The van der Waals surface area contributed by atoms with Crippen molar-refractivity contribution in [2.75, 3.05) is 0 Å². The van der Waals surface area contributed by atoms with E-state index in [4.69, 9.17) is 0 Å². The Bertz CT molecular complexity index is 5700. The van der Waals surface area contributed by atoms with Gasteiger partial charge in [0.15, 0.2) is 0 Å². The van der Waals surface area contributed by atoms with Crippen molar-refractivity contribution in [3.63, 3.8) is 0 Å². The lowest BCUT2D eigenvalue weighted by molar-refractivity contribution is 0.0686. The molecule has 0 radical (unpaired) electrons. The molecule has 1 fully saturated rings. The second-order valence-corrected chi connectivity index (χ2v) is 27.8. The van der Waals surface area contributed by atoms with Gasteiger partial charge in [0, 0.05) is 145 Å². The van der Waals surface area contributed by atoms with Gasteiger partial charge in [0.1, 0.15) is 5.82 Å². The van der Waals surface area contributed by atoms with Gasteiger partial charge in [-0.2, -0.15) is 31.1 Å². The molecule has 514 valence electrons. The van der Waals surface area contributed by atoms with Crippen molar-refractivity contribution in [2.24, 2.45) is 0 Å². The molecule has 15 aromatic rings. The van der Waals surface area contributed by atoms with E-state index in [1.807, 2.05) is 72.9 Å². The zero-order valence-corrected chi connectivity index (χ0v) is 57.3. The molecule has 1 aliphatic rings. The Morgan fingerprint density at radius 3 is 1.33 bits per heavy atom. The minimum absolute atomic E-state index is 0.210. The van der Waals surface area contributed by atoms with E-state index in [9.17, 15) is 49.9 Å². The molecule has 0 bridgehead atoms. The van der Waals surface area contributed by atoms with Crippen LogP contribution in [0.2, 0.25) is 0 Å². The van der Waals surface area contributed by atoms with Crippen LogP contribution < -0.4 is 0 Å². The van der Waals surface area contributed by atoms with Gasteiger partial charge in [0.05, 0.1) is 93.1 Å². The van der Waals surface area contributed by atoms with Crippen LogP contribution in [0.5, 0.6) is 0 Å². The number of nitriles is 3. The van der Waals surface area contributed by atoms with Crippen LogP contribution in [-0.4, -0.2) is 87.5 Å². The zero-order chi connectivity index (χ0) is 72.6. The number of pyridine rings is 2. The lowest BCUT2D eigenvalue weighted by Gasteiger charge is -2.42. The van der Waals surface area contributed by atoms with Gasteiger partial charge in [0.25, 0.3) is 0 Å². The molecule has 0 unspecified atom stereocenters. The first-order chi connectivity index (χ1) is 50.3. The van der Waals surface area contributed by atoms with Crippen molar-refractivity contribution < 1.29 is 34.1 Å². The number of halogens is 1. The number of aromatic nitrogens is 11. The van der Waals surface area contributed by atoms with E-state index >= 15 is 0 Å². The second kappa shape index (κ2) is 27.7. The molecular formula is C83H69FN14O6. The molecule has 0 amide bonds. The minimum Gasteiger partial charge on any atom is -0.478 e. The lowest BCUT2D eigenvalue weighted by Crippen LogP contribution is -2.36. The number of rotatable bonds is 18. The number of aromatic carboxylic acids is 3. The number of carbonyl (C=O) groups is 3. The average Bonchev–Trinajstić information content (AvgIpc) is 1.56. The van der Waals surface area contributed by atoms with Crippen molar-refractivity contribution in [1.82, 2.24) is 54.3 Å². The largest absolute Gasteiger partial charge is 0.478 e. The zero-order valence-electron chi connectivity index (χ0n) is 57.3. The topological polar surface area (TPSA) is 310 Å². The maximum atomic E-state index is 14.9. The second-order valence-electron chi connectivity index (χ2n) is 27.8. The lowest BCUT2D eigenvalue weighted by atomic mass is 9.63. The first-order valence-electron chi connectivity index (χ1n) is 33.9. The maximum absolute atomic E-state index is 14.9. The Kier molecular flexibility index (Phi) is 18.0. The predicted molar refractivity (Wildman–Crippen MR) is 396 cm³/mol. The van der Waals surface area contributed by atoms with Crippen LogP contribution in [-0.2, 0) is 35.9 Å². The summed E-state index contributed by atoms with van der Waals surface area (Å²) >= 11 is 0. The fraction of sp³-hybridized carbons (Fsp3) is 0.193. The van der Waals surface area contributed by atoms with Crippen molar-refractivity contribution in [3.8, 4) is 51.6 Å². The number of fused-ring (bicyclic) bond motifs is 6. The van der Waals surface area contributed by atoms with E-state index in [1.165, 1.54) is 6.07 Å². The normalized spacial score (nSPS) is 12.7. The summed E-state index contributed by atoms with van der Waals surface area (Å²) in [5, 5.41) is 85.0. The van der Waals surface area contributed by atoms with Crippen LogP contribution in [0.1, 0.15) is 131 Å². The fourth-order valence-corrected chi connectivity index (χ4v) is 15.0. The number of nitrogens with zero attached hydrogens (tertiary/aromatic N) is 11. The SMILES string of the molecule is CC(C)(CC#N)c1c(-c2ccc(C(=O)O)cc2)c2cc3[nH]ncc3cc2n1Cc1cccnc1.CC(C)(CC#N)c1c(-c2ccc(C(=O)O)cc2)c2cc3[nH]ncc3cc2n1Cc1ccncc1.N#CCC1(c2c(-c3ccc(C(=O)O)cc3)c3cc4[nH]ncc4cc3n2Cc2ccccc2F)CCC1. The average molecular weight is 1380 g/mol. The molecule has 0 aliphatic heterocycles. The van der Waals surface area contributed by atoms with Crippen molar-refractivity contribution in [3.05, 3.63) is 257 Å². The molecule has 21 heteroatoms. The summed E-state index contributed by atoms with van der Waals surface area (Å²) < 4.78 is 21.6. The van der Waals surface area contributed by atoms with Gasteiger partial charge in [-0.25, -0.2) is 18.8 Å². The van der Waals surface area contributed by atoms with Gasteiger partial charge in [-0.05, 0) is 138 Å². The molecule has 20 nitrogen and oxygen atoms in total. The number of hydrogen-bond donors (Lipinski definition) is 6. The molecule has 8 heterocycles. The number of aromatic amines is 3. The molecule has 8 aromatic heterocycles. The van der Waals surface area contributed by atoms with Crippen LogP contribution in [0, 0.1) is 39.8 Å². The minimum atomic E-state index is -0.983. The van der Waals surface area contributed by atoms with Gasteiger partial charge in [-0.1, -0.05) is 94.8 Å². The summed E-state index contributed by atoms with van der Waals surface area (Å²) in [5.74, 6) is -3.18. The Hall–Kier alpha value is -13.3. The van der Waals surface area contributed by atoms with Crippen molar-refractivity contribution in [2.45, 2.75) is 102 Å². The van der Waals surface area contributed by atoms with E-state index in [-0.39, 0.29) is 27.9 Å². The summed E-state index contributed by atoms with van der Waals surface area (Å²) in [6.07, 6.45) is 16.3. The molecule has 0 saturated heterocycles. The first-order valence-corrected chi connectivity index (χ1v) is 33.9. The van der Waals surface area contributed by atoms with Crippen LogP contribution in [0.3, 0.4) is 0 Å². The van der Waals surface area contributed by atoms with E-state index in [0.29, 0.717) is 44.5 Å². The Labute approximate surface area is 595 Å². The fourth-order valence-electron chi connectivity index (χ4n) is 15.0. The number of hydrogen-bond acceptors (Lipinski definition) is 11. The number of benzene rings is 7. The summed E-state index contributed by atoms with van der Waals surface area (Å²) in [7, 11) is 0. The third-order valence-corrected chi connectivity index (χ3v) is 20.1. The number of carboxylic acids is 3. The molecule has 0 spiro atoms. The highest BCUT2D eigenvalue weighted by molar-refractivity contribution is 6.08. The standard InChI is InChI=1S/C29H23FN4O2.2C27H23N5O2/c30-23-5-2-1-4-20(23)17-34-25-14-21-16-32-33-24(21)15-22(25)26(18-6-8-19(9-7-18)28(35)36)27(34)29(12-13-31)10-3-11-29;1-27(2,9-10-28)25-24(18-3-5-19(6-4-18)26(33)34)21-14-22-20(15-30-31-22)13-23(21)32(25)16-17-7-11-29-12-8-17;1-27(2,9-10-28)25-24(18-5-7-19(8-6-18)26(33)34)21-13-22-20(15-30-31-22)12-23(21)32(25)16-17-4-3-11-29-14-17/h1-2,4-9,14-16H,3,10-12,17H2,(H,32,33)(H,35,36);2*3-8,11-15H,9,16H2,1-2H3,(H,30,31)(H,33,34). The molecular weight excluding hydrogens is 1310 g/mol. The Balaban J connectivity index is 0.000000132. The van der Waals surface area contributed by atoms with Crippen LogP contribution in [0.15, 0.2) is 201 Å². The molecule has 1 saturated carbocycles. The van der Waals surface area contributed by atoms with Gasteiger partial charge >= 0.3 is 17.9 Å². The number of nitrogens with one attached hydrogen (secondary N) is 3. The van der Waals surface area contributed by atoms with Crippen molar-refractivity contribution in [1.29, 1.82) is 15.8 Å². The summed E-state index contributed by atoms with van der Waals surface area (Å²) in [6, 6.07) is 55.1. The summed E-state index contributed by atoms with van der Waals surface area (Å²) in [6.45, 7) is 9.83. The summed E-state index contributed by atoms with van der Waals surface area (Å²) in [4.78, 5) is 42.8. The van der Waals surface area contributed by atoms with Crippen LogP contribution in [0.25, 0.3) is 98.8 Å². The van der Waals surface area contributed by atoms with Gasteiger partial charge < -0.3 is 29.0 Å². The molecule has 6 N–H and O–H groups in total. The van der Waals surface area contributed by atoms with E-state index in [2.05, 4.69) is 137 Å². The van der Waals surface area contributed by atoms with Gasteiger partial charge in [0.2, 0.25) is 0 Å². The third-order valence-electron chi connectivity index (χ3n) is 20.1. The molecule has 1 aliphatic carbocycles. The van der Waals surface area contributed by atoms with Crippen LogP contribution >= 0.6 is 0 Å². The van der Waals surface area contributed by atoms with E-state index in [1.54, 1.807) is 85.7 Å². The highest BCUT2D eigenvalue weighted by Crippen LogP contribution is 2.53. The molecule has 0 atom stereocenters. The Morgan fingerprint density at radius 1 is 0.490 bits per heavy atom. The van der Waals surface area contributed by atoms with Gasteiger partial charge in [-0.15, -0.1) is 0 Å². The molecule has 104 heavy (non-hydrogen) atoms. The predicted octanol–water partition coefficient (Wildman–Crippen LogP) is 17.4. The number of H-pyrrole nitrogens is 3. The maximum Gasteiger partial charge on any atom is 0.335 e. The highest BCUT2D eigenvalue weighted by Gasteiger charge is 2.44. The van der Waals surface area contributed by atoms with E-state index < -0.39 is 28.7 Å². The molecule has 16 rings (SSSR count). The first kappa shape index (κ1) is 67.8.